The van der Waals surface area contributed by atoms with Gasteiger partial charge in [-0.2, -0.15) is 5.10 Å². The molecule has 0 aromatic heterocycles. The summed E-state index contributed by atoms with van der Waals surface area (Å²) in [4.78, 5) is 9.95. The van der Waals surface area contributed by atoms with Gasteiger partial charge in [-0.1, -0.05) is 11.6 Å². The Morgan fingerprint density at radius 1 is 1.38 bits per heavy atom. The number of hydrogen-bond donors (Lipinski definition) is 1. The lowest BCUT2D eigenvalue weighted by Gasteiger charge is -2.21. The molecule has 2 atom stereocenters. The molecule has 0 saturated heterocycles. The Labute approximate surface area is 160 Å². The largest absolute Gasteiger partial charge is 0.479 e. The van der Waals surface area contributed by atoms with E-state index >= 15 is 0 Å². The van der Waals surface area contributed by atoms with E-state index in [1.165, 1.54) is 27.0 Å². The molecule has 1 aromatic rings. The Morgan fingerprint density at radius 3 is 2.50 bits per heavy atom. The molecule has 0 saturated carbocycles. The molecule has 0 aliphatic carbocycles. The lowest BCUT2D eigenvalue weighted by Crippen LogP contribution is -2.40. The Morgan fingerprint density at radius 2 is 2.00 bits per heavy atom. The predicted octanol–water partition coefficient (Wildman–Crippen LogP) is 2.15. The Kier molecular flexibility index (Phi) is 5.65. The maximum Gasteiger partial charge on any atom is 0.260 e. The van der Waals surface area contributed by atoms with Gasteiger partial charge >= 0.3 is 0 Å². The first-order valence-electron chi connectivity index (χ1n) is 7.32. The second-order valence-electron chi connectivity index (χ2n) is 5.77. The van der Waals surface area contributed by atoms with Crippen LogP contribution in [0.25, 0.3) is 0 Å². The van der Waals surface area contributed by atoms with Crippen LogP contribution in [0.5, 0.6) is 5.75 Å². The van der Waals surface area contributed by atoms with E-state index in [0.717, 1.165) is 12.3 Å². The minimum atomic E-state index is -3.75. The fraction of sp³-hybridized carbons (Fsp3) is 0.400. The second-order valence-corrected chi connectivity index (χ2v) is 8.86. The van der Waals surface area contributed by atoms with Gasteiger partial charge in [0.1, 0.15) is 22.2 Å². The summed E-state index contributed by atoms with van der Waals surface area (Å²) in [6.45, 7) is 2.84. The van der Waals surface area contributed by atoms with E-state index in [1.807, 2.05) is 0 Å². The average molecular weight is 424 g/mol. The molecule has 1 aliphatic heterocycles. The predicted molar refractivity (Wildman–Crippen MR) is 98.6 cm³/mol. The molecule has 1 N–H and O–H groups in total. The summed E-state index contributed by atoms with van der Waals surface area (Å²) < 4.78 is 43.5. The third-order valence-corrected chi connectivity index (χ3v) is 5.59. The van der Waals surface area contributed by atoms with Crippen LogP contribution in [0.4, 0.5) is 4.39 Å². The van der Waals surface area contributed by atoms with E-state index in [1.54, 1.807) is 0 Å². The van der Waals surface area contributed by atoms with Crippen LogP contribution in [0.1, 0.15) is 19.4 Å². The second kappa shape index (κ2) is 7.13. The number of sulfone groups is 1. The number of ether oxygens (including phenoxy) is 1. The number of alkyl halides is 1. The van der Waals surface area contributed by atoms with E-state index in [4.69, 9.17) is 27.9 Å². The van der Waals surface area contributed by atoms with Crippen LogP contribution in [0.2, 0.25) is 5.02 Å². The number of likely N-dealkylation sites (N-methyl/N-ethyl adjacent to an activating group) is 1. The van der Waals surface area contributed by atoms with Crippen molar-refractivity contribution in [1.29, 1.82) is 0 Å². The monoisotopic (exact) mass is 423 g/mol. The number of carbonyl (C=O) groups excluding carboxylic acids is 1. The third kappa shape index (κ3) is 3.84. The lowest BCUT2D eigenvalue weighted by atomic mass is 9.98. The van der Waals surface area contributed by atoms with Gasteiger partial charge in [0.15, 0.2) is 21.0 Å². The number of carbonyl (C=O) groups is 1. The molecule has 0 spiro atoms. The molecule has 0 fully saturated rings. The van der Waals surface area contributed by atoms with Crippen LogP contribution < -0.4 is 10.1 Å². The highest BCUT2D eigenvalue weighted by molar-refractivity contribution is 8.06. The van der Waals surface area contributed by atoms with Crippen molar-refractivity contribution < 1.29 is 22.3 Å². The first-order valence-corrected chi connectivity index (χ1v) is 9.97. The van der Waals surface area contributed by atoms with Crippen LogP contribution in [-0.2, 0) is 14.6 Å². The molecule has 1 aromatic carbocycles. The highest BCUT2D eigenvalue weighted by Crippen LogP contribution is 2.35. The van der Waals surface area contributed by atoms with Crippen molar-refractivity contribution in [3.8, 4) is 5.75 Å². The number of hydrogen-bond acceptors (Lipinski definition) is 6. The lowest BCUT2D eigenvalue weighted by molar-refractivity contribution is -0.126. The maximum atomic E-state index is 14.5. The van der Waals surface area contributed by atoms with Gasteiger partial charge in [-0.15, -0.1) is 16.7 Å². The summed E-state index contributed by atoms with van der Waals surface area (Å²) >= 11 is 12.3. The molecule has 1 amide bonds. The topological polar surface area (TPSA) is 97.2 Å². The van der Waals surface area contributed by atoms with Gasteiger partial charge in [-0.05, 0) is 26.0 Å². The molecular weight excluding hydrogens is 408 g/mol. The first-order chi connectivity index (χ1) is 11.9. The molecular formula is C15H16Cl2FN3O4S. The van der Waals surface area contributed by atoms with Gasteiger partial charge in [-0.3, -0.25) is 4.79 Å². The fourth-order valence-electron chi connectivity index (χ4n) is 2.36. The van der Waals surface area contributed by atoms with Crippen LogP contribution in [0, 0.1) is 5.82 Å². The number of amides is 1. The first kappa shape index (κ1) is 20.6. The molecule has 11 heteroatoms. The standard InChI is InChI=1S/C15H16Cl2FN3O4S/c1-7(13(22)19-3)25-11-5-8(10(18)6-9(11)16)12-15(2,17)14(21-20-12)26(4,23)24/h5-7H,1-4H3,(H,19,22). The average Bonchev–Trinajstić information content (AvgIpc) is 2.84. The minimum absolute atomic E-state index is 0.0159. The zero-order valence-electron chi connectivity index (χ0n) is 14.3. The van der Waals surface area contributed by atoms with Crippen molar-refractivity contribution in [3.05, 3.63) is 28.5 Å². The zero-order valence-corrected chi connectivity index (χ0v) is 16.6. The Bertz CT molecular complexity index is 929. The van der Waals surface area contributed by atoms with E-state index in [0.29, 0.717) is 0 Å². The van der Waals surface area contributed by atoms with Crippen LogP contribution >= 0.6 is 23.2 Å². The van der Waals surface area contributed by atoms with Crippen molar-refractivity contribution in [1.82, 2.24) is 5.32 Å². The van der Waals surface area contributed by atoms with E-state index in [2.05, 4.69) is 15.5 Å². The molecule has 1 heterocycles. The maximum absolute atomic E-state index is 14.5. The van der Waals surface area contributed by atoms with E-state index < -0.39 is 37.6 Å². The number of nitrogens with one attached hydrogen (secondary N) is 1. The molecule has 1 aliphatic rings. The summed E-state index contributed by atoms with van der Waals surface area (Å²) in [6.07, 6.45) is 0.0365. The van der Waals surface area contributed by atoms with Crippen LogP contribution in [0.3, 0.4) is 0 Å². The van der Waals surface area contributed by atoms with E-state index in [9.17, 15) is 17.6 Å². The van der Waals surface area contributed by atoms with Crippen molar-refractivity contribution in [3.63, 3.8) is 0 Å². The number of nitrogens with zero attached hydrogens (tertiary/aromatic N) is 2. The highest BCUT2D eigenvalue weighted by atomic mass is 35.5. The number of halogens is 3. The summed E-state index contributed by atoms with van der Waals surface area (Å²) in [7, 11) is -2.30. The number of rotatable bonds is 4. The third-order valence-electron chi connectivity index (χ3n) is 3.63. The Balaban J connectivity index is 2.46. The Hall–Kier alpha value is -1.71. The quantitative estimate of drug-likeness (QED) is 0.750. The molecule has 142 valence electrons. The van der Waals surface area contributed by atoms with Gasteiger partial charge in [0.2, 0.25) is 0 Å². The van der Waals surface area contributed by atoms with Crippen molar-refractivity contribution in [2.75, 3.05) is 13.3 Å². The molecule has 2 rings (SSSR count). The molecule has 0 bridgehead atoms. The summed E-state index contributed by atoms with van der Waals surface area (Å²) in [5.74, 6) is -1.18. The number of benzene rings is 1. The minimum Gasteiger partial charge on any atom is -0.479 e. The zero-order chi connectivity index (χ0) is 19.9. The summed E-state index contributed by atoms with van der Waals surface area (Å²) in [5, 5.41) is 9.29. The summed E-state index contributed by atoms with van der Waals surface area (Å²) in [5.41, 5.74) is -0.236. The smallest absolute Gasteiger partial charge is 0.260 e. The molecule has 0 radical (unpaired) electrons. The van der Waals surface area contributed by atoms with Gasteiger partial charge in [0.05, 0.1) is 5.02 Å². The van der Waals surface area contributed by atoms with Crippen molar-refractivity contribution in [2.45, 2.75) is 24.8 Å². The molecule has 26 heavy (non-hydrogen) atoms. The van der Waals surface area contributed by atoms with Gasteiger partial charge in [0, 0.05) is 18.9 Å². The van der Waals surface area contributed by atoms with Crippen molar-refractivity contribution in [2.24, 2.45) is 10.2 Å². The van der Waals surface area contributed by atoms with Gasteiger partial charge < -0.3 is 10.1 Å². The van der Waals surface area contributed by atoms with Crippen LogP contribution in [-0.4, -0.2) is 49.4 Å². The molecule has 7 nitrogen and oxygen atoms in total. The SMILES string of the molecule is CNC(=O)C(C)Oc1cc(C2=NN=C(S(C)(=O)=O)C2(C)Cl)c(F)cc1Cl. The van der Waals surface area contributed by atoms with Crippen molar-refractivity contribution >= 4 is 49.7 Å². The van der Waals surface area contributed by atoms with Gasteiger partial charge in [0.25, 0.3) is 5.91 Å². The fourth-order valence-corrected chi connectivity index (χ4v) is 4.14. The summed E-state index contributed by atoms with van der Waals surface area (Å²) in [6, 6.07) is 2.17. The highest BCUT2D eigenvalue weighted by Gasteiger charge is 2.45. The normalized spacial score (nSPS) is 21.0. The van der Waals surface area contributed by atoms with Crippen LogP contribution in [0.15, 0.2) is 22.3 Å². The van der Waals surface area contributed by atoms with E-state index in [-0.39, 0.29) is 22.0 Å². The molecule has 2 unspecified atom stereocenters. The van der Waals surface area contributed by atoms with Gasteiger partial charge in [-0.25, -0.2) is 12.8 Å².